The van der Waals surface area contributed by atoms with E-state index in [1.807, 2.05) is 12.1 Å². The molecule has 0 saturated carbocycles. The van der Waals surface area contributed by atoms with Gasteiger partial charge >= 0.3 is 11.9 Å². The van der Waals surface area contributed by atoms with Gasteiger partial charge in [0, 0.05) is 6.92 Å². The lowest BCUT2D eigenvalue weighted by Crippen LogP contribution is -2.61. The number of esters is 2. The van der Waals surface area contributed by atoms with Crippen molar-refractivity contribution in [1.82, 2.24) is 5.32 Å². The van der Waals surface area contributed by atoms with Crippen molar-refractivity contribution in [3.8, 4) is 0 Å². The van der Waals surface area contributed by atoms with Crippen LogP contribution in [0.5, 0.6) is 0 Å². The first kappa shape index (κ1) is 27.7. The molecule has 1 rings (SSSR count). The largest absolute Gasteiger partial charge is 0.464 e. The third-order valence-electron chi connectivity index (χ3n) is 5.52. The molecule has 0 aromatic heterocycles. The molecule has 1 aromatic rings. The SMILES string of the molecule is CCCCCCCCCc1ccc(CCC(NC(C)=O)(C(=O)OCC)C(=O)OCC)cc1. The molecule has 1 N–H and O–H groups in total. The van der Waals surface area contributed by atoms with Crippen LogP contribution >= 0.6 is 0 Å². The normalized spacial score (nSPS) is 11.1. The summed E-state index contributed by atoms with van der Waals surface area (Å²) in [5, 5.41) is 2.51. The summed E-state index contributed by atoms with van der Waals surface area (Å²) in [6.45, 7) is 7.03. The van der Waals surface area contributed by atoms with E-state index in [1.54, 1.807) is 13.8 Å². The highest BCUT2D eigenvalue weighted by molar-refractivity contribution is 6.07. The van der Waals surface area contributed by atoms with E-state index in [2.05, 4.69) is 24.4 Å². The Bertz CT molecular complexity index is 681. The van der Waals surface area contributed by atoms with E-state index in [1.165, 1.54) is 57.4 Å². The molecule has 0 spiro atoms. The number of rotatable bonds is 16. The fourth-order valence-corrected chi connectivity index (χ4v) is 3.75. The average molecular weight is 448 g/mol. The van der Waals surface area contributed by atoms with Crippen molar-refractivity contribution < 1.29 is 23.9 Å². The number of carbonyl (C=O) groups is 3. The molecule has 180 valence electrons. The molecule has 6 nitrogen and oxygen atoms in total. The Morgan fingerprint density at radius 3 is 1.69 bits per heavy atom. The zero-order valence-electron chi connectivity index (χ0n) is 20.3. The molecule has 0 unspecified atom stereocenters. The molecule has 0 aliphatic carbocycles. The number of ether oxygens (including phenoxy) is 2. The minimum atomic E-state index is -1.84. The molecule has 0 bridgehead atoms. The van der Waals surface area contributed by atoms with Crippen LogP contribution in [0.2, 0.25) is 0 Å². The van der Waals surface area contributed by atoms with Gasteiger partial charge in [-0.25, -0.2) is 9.59 Å². The van der Waals surface area contributed by atoms with E-state index < -0.39 is 23.4 Å². The summed E-state index contributed by atoms with van der Waals surface area (Å²) in [4.78, 5) is 37.2. The number of carbonyl (C=O) groups excluding carboxylic acids is 3. The number of benzene rings is 1. The lowest BCUT2D eigenvalue weighted by molar-refractivity contribution is -0.168. The second kappa shape index (κ2) is 15.4. The number of hydrogen-bond donors (Lipinski definition) is 1. The van der Waals surface area contributed by atoms with Gasteiger partial charge in [-0.15, -0.1) is 0 Å². The van der Waals surface area contributed by atoms with E-state index in [0.29, 0.717) is 6.42 Å². The van der Waals surface area contributed by atoms with Crippen LogP contribution < -0.4 is 5.32 Å². The quantitative estimate of drug-likeness (QED) is 0.221. The van der Waals surface area contributed by atoms with Gasteiger partial charge in [0.1, 0.15) is 0 Å². The minimum absolute atomic E-state index is 0.0708. The van der Waals surface area contributed by atoms with Crippen molar-refractivity contribution in [1.29, 1.82) is 0 Å². The zero-order chi connectivity index (χ0) is 23.8. The van der Waals surface area contributed by atoms with Crippen LogP contribution in [0.1, 0.15) is 90.2 Å². The van der Waals surface area contributed by atoms with E-state index >= 15 is 0 Å². The van der Waals surface area contributed by atoms with Crippen LogP contribution in [-0.2, 0) is 36.7 Å². The van der Waals surface area contributed by atoms with Gasteiger partial charge in [-0.2, -0.15) is 0 Å². The van der Waals surface area contributed by atoms with Gasteiger partial charge in [0.2, 0.25) is 11.4 Å². The fourth-order valence-electron chi connectivity index (χ4n) is 3.75. The summed E-state index contributed by atoms with van der Waals surface area (Å²) >= 11 is 0. The molecule has 0 fully saturated rings. The Balaban J connectivity index is 2.73. The van der Waals surface area contributed by atoms with Crippen molar-refractivity contribution in [3.05, 3.63) is 35.4 Å². The second-order valence-corrected chi connectivity index (χ2v) is 8.22. The molecule has 0 atom stereocenters. The lowest BCUT2D eigenvalue weighted by atomic mass is 9.90. The Morgan fingerprint density at radius 1 is 0.750 bits per heavy atom. The maximum absolute atomic E-state index is 12.7. The van der Waals surface area contributed by atoms with Crippen molar-refractivity contribution in [2.24, 2.45) is 0 Å². The number of aryl methyl sites for hydroxylation is 2. The smallest absolute Gasteiger partial charge is 0.343 e. The van der Waals surface area contributed by atoms with Gasteiger partial charge in [-0.3, -0.25) is 4.79 Å². The first-order valence-electron chi connectivity index (χ1n) is 12.1. The number of hydrogen-bond acceptors (Lipinski definition) is 5. The van der Waals surface area contributed by atoms with Gasteiger partial charge in [-0.05, 0) is 50.7 Å². The second-order valence-electron chi connectivity index (χ2n) is 8.22. The van der Waals surface area contributed by atoms with Crippen LogP contribution in [0.4, 0.5) is 0 Å². The Labute approximate surface area is 193 Å². The van der Waals surface area contributed by atoms with Gasteiger partial charge in [-0.1, -0.05) is 69.7 Å². The van der Waals surface area contributed by atoms with Crippen LogP contribution in [-0.4, -0.2) is 36.6 Å². The molecule has 6 heteroatoms. The summed E-state index contributed by atoms with van der Waals surface area (Å²) in [5.41, 5.74) is 0.428. The van der Waals surface area contributed by atoms with Crippen molar-refractivity contribution >= 4 is 17.8 Å². The van der Waals surface area contributed by atoms with Crippen LogP contribution in [0.15, 0.2) is 24.3 Å². The van der Waals surface area contributed by atoms with Crippen LogP contribution in [0.25, 0.3) is 0 Å². The highest BCUT2D eigenvalue weighted by Crippen LogP contribution is 2.21. The van der Waals surface area contributed by atoms with E-state index in [9.17, 15) is 14.4 Å². The van der Waals surface area contributed by atoms with Gasteiger partial charge in [0.15, 0.2) is 0 Å². The molecule has 1 amide bonds. The minimum Gasteiger partial charge on any atom is -0.464 e. The van der Waals surface area contributed by atoms with Crippen molar-refractivity contribution in [3.63, 3.8) is 0 Å². The van der Waals surface area contributed by atoms with Gasteiger partial charge in [0.25, 0.3) is 0 Å². The molecule has 0 aliphatic heterocycles. The Hall–Kier alpha value is -2.37. The first-order valence-corrected chi connectivity index (χ1v) is 12.1. The highest BCUT2D eigenvalue weighted by Gasteiger charge is 2.49. The lowest BCUT2D eigenvalue weighted by Gasteiger charge is -2.29. The van der Waals surface area contributed by atoms with E-state index in [-0.39, 0.29) is 19.6 Å². The summed E-state index contributed by atoms with van der Waals surface area (Å²) in [6.07, 6.45) is 10.5. The number of nitrogens with one attached hydrogen (secondary N) is 1. The molecule has 1 aromatic carbocycles. The maximum atomic E-state index is 12.7. The summed E-state index contributed by atoms with van der Waals surface area (Å²) in [7, 11) is 0. The fraction of sp³-hybridized carbons (Fsp3) is 0.654. The van der Waals surface area contributed by atoms with Crippen LogP contribution in [0, 0.1) is 0 Å². The molecule has 0 saturated heterocycles. The molecule has 0 aliphatic rings. The molecule has 0 heterocycles. The summed E-state index contributed by atoms with van der Waals surface area (Å²) < 4.78 is 10.2. The molecule has 0 radical (unpaired) electrons. The van der Waals surface area contributed by atoms with E-state index in [0.717, 1.165) is 12.0 Å². The average Bonchev–Trinajstić information content (AvgIpc) is 2.77. The van der Waals surface area contributed by atoms with Gasteiger partial charge < -0.3 is 14.8 Å². The Kier molecular flexibility index (Phi) is 13.3. The molecular weight excluding hydrogens is 406 g/mol. The number of unbranched alkanes of at least 4 members (excludes halogenated alkanes) is 6. The maximum Gasteiger partial charge on any atom is 0.343 e. The summed E-state index contributed by atoms with van der Waals surface area (Å²) in [6, 6.07) is 8.24. The topological polar surface area (TPSA) is 81.7 Å². The Morgan fingerprint density at radius 2 is 1.22 bits per heavy atom. The predicted octanol–water partition coefficient (Wildman–Crippen LogP) is 4.91. The number of amides is 1. The third-order valence-corrected chi connectivity index (χ3v) is 5.52. The first-order chi connectivity index (χ1) is 15.4. The van der Waals surface area contributed by atoms with Crippen molar-refractivity contribution in [2.75, 3.05) is 13.2 Å². The van der Waals surface area contributed by atoms with Gasteiger partial charge in [0.05, 0.1) is 13.2 Å². The van der Waals surface area contributed by atoms with Crippen molar-refractivity contribution in [2.45, 2.75) is 97.4 Å². The molecule has 32 heavy (non-hydrogen) atoms. The standard InChI is InChI=1S/C26H41NO5/c1-5-8-9-10-11-12-13-14-22-15-17-23(18-16-22)19-20-26(27-21(4)28,24(29)31-6-2)25(30)32-7-3/h15-18H,5-14,19-20H2,1-4H3,(H,27,28). The predicted molar refractivity (Wildman–Crippen MR) is 126 cm³/mol. The van der Waals surface area contributed by atoms with E-state index in [4.69, 9.17) is 9.47 Å². The summed E-state index contributed by atoms with van der Waals surface area (Å²) in [5.74, 6) is -2.07. The highest BCUT2D eigenvalue weighted by atomic mass is 16.6. The monoisotopic (exact) mass is 447 g/mol. The van der Waals surface area contributed by atoms with Crippen LogP contribution in [0.3, 0.4) is 0 Å². The molecular formula is C26H41NO5. The zero-order valence-corrected chi connectivity index (χ0v) is 20.3. The third kappa shape index (κ3) is 9.41.